The average Bonchev–Trinajstić information content (AvgIpc) is 3.08. The van der Waals surface area contributed by atoms with Crippen LogP contribution in [0.5, 0.6) is 0 Å². The molecular weight excluding hydrogens is 592 g/mol. The van der Waals surface area contributed by atoms with E-state index in [1.807, 2.05) is 42.5 Å². The second kappa shape index (κ2) is 14.4. The van der Waals surface area contributed by atoms with E-state index in [4.69, 9.17) is 20.1 Å². The summed E-state index contributed by atoms with van der Waals surface area (Å²) in [7, 11) is 0. The summed E-state index contributed by atoms with van der Waals surface area (Å²) >= 11 is 0. The van der Waals surface area contributed by atoms with Gasteiger partial charge in [0, 0.05) is 60.5 Å². The standard InChI is InChI=1S/C38H34N4O5/c1-6-41(7-2)30-14-10-25-18-27(37(43)46-35(25)22-30)12-16-32-20-29(34(24-39)40-5)21-33(45-32)17-13-28-19-26-11-15-31(42(8-3)9-4)23-36(26)47-38(28)44/h10-23H,6-9H2,1-4H3/b16-12+,17-13+. The number of allylic oxidation sites excluding steroid dienone is 6. The lowest BCUT2D eigenvalue weighted by Crippen LogP contribution is -2.21. The third kappa shape index (κ3) is 7.11. The van der Waals surface area contributed by atoms with Crippen molar-refractivity contribution in [3.63, 3.8) is 0 Å². The summed E-state index contributed by atoms with van der Waals surface area (Å²) in [5.41, 5.74) is 2.70. The van der Waals surface area contributed by atoms with Gasteiger partial charge >= 0.3 is 11.3 Å². The zero-order chi connectivity index (χ0) is 33.5. The zero-order valence-corrected chi connectivity index (χ0v) is 26.7. The van der Waals surface area contributed by atoms with Crippen LogP contribution in [0.3, 0.4) is 0 Å². The lowest BCUT2D eigenvalue weighted by atomic mass is 10.1. The van der Waals surface area contributed by atoms with Crippen molar-refractivity contribution in [1.29, 1.82) is 5.26 Å². The maximum Gasteiger partial charge on any atom is 0.343 e. The molecule has 0 aliphatic carbocycles. The molecule has 0 saturated carbocycles. The highest BCUT2D eigenvalue weighted by molar-refractivity contribution is 5.83. The fraction of sp³-hybridized carbons (Fsp3) is 0.211. The monoisotopic (exact) mass is 626 g/mol. The molecule has 4 aromatic rings. The average molecular weight is 627 g/mol. The van der Waals surface area contributed by atoms with Gasteiger partial charge in [-0.05, 0) is 106 Å². The molecule has 1 aliphatic heterocycles. The Morgan fingerprint density at radius 3 is 1.57 bits per heavy atom. The summed E-state index contributed by atoms with van der Waals surface area (Å²) in [6.45, 7) is 19.0. The van der Waals surface area contributed by atoms with Gasteiger partial charge in [-0.1, -0.05) is 0 Å². The SMILES string of the molecule is [C-]#[N+]C(C#N)=C1C=C(/C=C/c2cc3ccc(N(CC)CC)cc3oc2=O)OC(/C=C/c2cc3ccc(N(CC)CC)cc3oc2=O)=C1. The zero-order valence-electron chi connectivity index (χ0n) is 26.7. The van der Waals surface area contributed by atoms with Crippen LogP contribution in [-0.2, 0) is 4.74 Å². The van der Waals surface area contributed by atoms with Crippen molar-refractivity contribution in [2.75, 3.05) is 36.0 Å². The Bertz CT molecular complexity index is 2040. The van der Waals surface area contributed by atoms with E-state index in [0.29, 0.717) is 27.9 Å². The van der Waals surface area contributed by atoms with Gasteiger partial charge in [-0.25, -0.2) is 19.7 Å². The van der Waals surface area contributed by atoms with Crippen LogP contribution < -0.4 is 21.1 Å². The molecule has 2 aromatic heterocycles. The molecule has 5 rings (SSSR count). The third-order valence-corrected chi connectivity index (χ3v) is 7.93. The number of rotatable bonds is 10. The molecule has 0 atom stereocenters. The van der Waals surface area contributed by atoms with Gasteiger partial charge in [0.15, 0.2) is 0 Å². The Morgan fingerprint density at radius 2 is 1.19 bits per heavy atom. The van der Waals surface area contributed by atoms with Gasteiger partial charge in [-0.3, -0.25) is 0 Å². The second-order valence-electron chi connectivity index (χ2n) is 10.7. The molecule has 2 aromatic carbocycles. The number of ether oxygens (including phenoxy) is 1. The van der Waals surface area contributed by atoms with E-state index in [1.54, 1.807) is 48.6 Å². The first-order valence-corrected chi connectivity index (χ1v) is 15.5. The van der Waals surface area contributed by atoms with E-state index < -0.39 is 11.3 Å². The molecule has 9 nitrogen and oxygen atoms in total. The van der Waals surface area contributed by atoms with Gasteiger partial charge in [0.2, 0.25) is 0 Å². The Morgan fingerprint density at radius 1 is 0.745 bits per heavy atom. The normalized spacial score (nSPS) is 12.9. The number of nitriles is 1. The molecule has 9 heteroatoms. The van der Waals surface area contributed by atoms with E-state index in [-0.39, 0.29) is 17.2 Å². The van der Waals surface area contributed by atoms with E-state index in [2.05, 4.69) is 42.3 Å². The van der Waals surface area contributed by atoms with Crippen LogP contribution in [0.15, 0.2) is 114 Å². The van der Waals surface area contributed by atoms with Gasteiger partial charge in [0.25, 0.3) is 5.70 Å². The molecule has 0 fully saturated rings. The summed E-state index contributed by atoms with van der Waals surface area (Å²) in [5, 5.41) is 11.1. The fourth-order valence-electron chi connectivity index (χ4n) is 5.38. The van der Waals surface area contributed by atoms with Crippen molar-refractivity contribution < 1.29 is 13.6 Å². The molecule has 0 radical (unpaired) electrons. The second-order valence-corrected chi connectivity index (χ2v) is 10.7. The number of fused-ring (bicyclic) bond motifs is 2. The highest BCUT2D eigenvalue weighted by Gasteiger charge is 2.14. The Hall–Kier alpha value is -6.06. The molecule has 0 saturated heterocycles. The number of hydrogen-bond donors (Lipinski definition) is 0. The van der Waals surface area contributed by atoms with Crippen molar-refractivity contribution in [1.82, 2.24) is 0 Å². The topological polar surface area (TPSA) is 104 Å². The fourth-order valence-corrected chi connectivity index (χ4v) is 5.38. The Balaban J connectivity index is 1.43. The van der Waals surface area contributed by atoms with Crippen molar-refractivity contribution in [2.45, 2.75) is 27.7 Å². The third-order valence-electron chi connectivity index (χ3n) is 7.93. The molecule has 0 N–H and O–H groups in total. The number of anilines is 2. The van der Waals surface area contributed by atoms with Crippen molar-refractivity contribution in [2.24, 2.45) is 0 Å². The van der Waals surface area contributed by atoms with Gasteiger partial charge in [-0.2, -0.15) is 0 Å². The predicted octanol–water partition coefficient (Wildman–Crippen LogP) is 7.81. The van der Waals surface area contributed by atoms with E-state index >= 15 is 0 Å². The molecular formula is C38H34N4O5. The van der Waals surface area contributed by atoms with Crippen LogP contribution in [0.25, 0.3) is 38.9 Å². The molecule has 0 bridgehead atoms. The molecule has 0 unspecified atom stereocenters. The minimum absolute atomic E-state index is 0.131. The lowest BCUT2D eigenvalue weighted by molar-refractivity contribution is 0.332. The first kappa shape index (κ1) is 32.3. The van der Waals surface area contributed by atoms with Crippen LogP contribution in [0.4, 0.5) is 11.4 Å². The van der Waals surface area contributed by atoms with Gasteiger partial charge in [0.1, 0.15) is 22.7 Å². The summed E-state index contributed by atoms with van der Waals surface area (Å²) in [6, 6.07) is 16.9. The highest BCUT2D eigenvalue weighted by atomic mass is 16.5. The summed E-state index contributed by atoms with van der Waals surface area (Å²) in [6.07, 6.45) is 9.35. The smallest absolute Gasteiger partial charge is 0.343 e. The highest BCUT2D eigenvalue weighted by Crippen LogP contribution is 2.27. The van der Waals surface area contributed by atoms with Crippen LogP contribution in [0.1, 0.15) is 38.8 Å². The van der Waals surface area contributed by atoms with Crippen LogP contribution in [-0.4, -0.2) is 26.2 Å². The van der Waals surface area contributed by atoms with Crippen molar-refractivity contribution in [3.05, 3.63) is 139 Å². The maximum atomic E-state index is 12.9. The quantitative estimate of drug-likeness (QED) is 0.0997. The van der Waals surface area contributed by atoms with Crippen LogP contribution in [0, 0.1) is 17.9 Å². The van der Waals surface area contributed by atoms with Crippen LogP contribution >= 0.6 is 0 Å². The first-order valence-electron chi connectivity index (χ1n) is 15.5. The van der Waals surface area contributed by atoms with Gasteiger partial charge in [0.05, 0.1) is 23.8 Å². The minimum atomic E-state index is -0.514. The Labute approximate surface area is 272 Å². The lowest BCUT2D eigenvalue weighted by Gasteiger charge is -2.20. The molecule has 1 aliphatic rings. The molecule has 0 amide bonds. The van der Waals surface area contributed by atoms with Crippen LogP contribution in [0.2, 0.25) is 0 Å². The van der Waals surface area contributed by atoms with E-state index in [9.17, 15) is 14.9 Å². The summed E-state index contributed by atoms with van der Waals surface area (Å²) in [4.78, 5) is 33.4. The molecule has 3 heterocycles. The van der Waals surface area contributed by atoms with E-state index in [0.717, 1.165) is 48.3 Å². The van der Waals surface area contributed by atoms with E-state index in [1.165, 1.54) is 0 Å². The minimum Gasteiger partial charge on any atom is -0.457 e. The predicted molar refractivity (Wildman–Crippen MR) is 187 cm³/mol. The van der Waals surface area contributed by atoms with Gasteiger partial charge < -0.3 is 23.4 Å². The maximum absolute atomic E-state index is 12.9. The molecule has 236 valence electrons. The molecule has 47 heavy (non-hydrogen) atoms. The summed E-state index contributed by atoms with van der Waals surface area (Å²) in [5.74, 6) is 0.564. The molecule has 0 spiro atoms. The largest absolute Gasteiger partial charge is 0.457 e. The van der Waals surface area contributed by atoms with Crippen molar-refractivity contribution in [3.8, 4) is 6.07 Å². The number of benzene rings is 2. The summed E-state index contributed by atoms with van der Waals surface area (Å²) < 4.78 is 17.3. The number of hydrogen-bond acceptors (Lipinski definition) is 8. The Kier molecular flexibility index (Phi) is 9.88. The number of nitrogens with zero attached hydrogens (tertiary/aromatic N) is 4. The first-order chi connectivity index (χ1) is 22.8. The van der Waals surface area contributed by atoms with Crippen molar-refractivity contribution >= 4 is 45.5 Å². The van der Waals surface area contributed by atoms with Gasteiger partial charge in [-0.15, -0.1) is 0 Å².